The third-order valence-corrected chi connectivity index (χ3v) is 5.61. The number of hydrogen-bond acceptors (Lipinski definition) is 8. The van der Waals surface area contributed by atoms with Crippen molar-refractivity contribution in [3.05, 3.63) is 29.8 Å². The first-order valence-corrected chi connectivity index (χ1v) is 9.31. The second-order valence-electron chi connectivity index (χ2n) is 7.75. The number of hydroxylamine groups is 1. The number of nitrogens with zero attached hydrogens (tertiary/aromatic N) is 1. The molecular formula is C19H26N2O7. The van der Waals surface area contributed by atoms with Crippen LogP contribution < -0.4 is 10.2 Å². The summed E-state index contributed by atoms with van der Waals surface area (Å²) in [5.74, 6) is -0.582. The Kier molecular flexibility index (Phi) is 5.55. The molecule has 28 heavy (non-hydrogen) atoms. The van der Waals surface area contributed by atoms with Gasteiger partial charge >= 0.3 is 0 Å². The van der Waals surface area contributed by atoms with E-state index in [9.17, 15) is 10.0 Å². The number of carbonyl (C=O) groups is 1. The summed E-state index contributed by atoms with van der Waals surface area (Å²) in [7, 11) is 1.62. The van der Waals surface area contributed by atoms with Crippen molar-refractivity contribution in [2.24, 2.45) is 5.41 Å². The summed E-state index contributed by atoms with van der Waals surface area (Å²) >= 11 is 0. The van der Waals surface area contributed by atoms with Gasteiger partial charge in [-0.25, -0.2) is 5.48 Å². The highest BCUT2D eigenvalue weighted by atomic mass is 16.7. The summed E-state index contributed by atoms with van der Waals surface area (Å²) < 4.78 is 28.3. The highest BCUT2D eigenvalue weighted by Crippen LogP contribution is 2.40. The van der Waals surface area contributed by atoms with Crippen molar-refractivity contribution in [2.45, 2.75) is 24.8 Å². The van der Waals surface area contributed by atoms with E-state index in [1.54, 1.807) is 12.6 Å². The van der Waals surface area contributed by atoms with Crippen molar-refractivity contribution in [3.63, 3.8) is 0 Å². The van der Waals surface area contributed by atoms with E-state index in [1.165, 1.54) is 0 Å². The number of methoxy groups -OCH3 is 1. The van der Waals surface area contributed by atoms with Gasteiger partial charge in [0.2, 0.25) is 0 Å². The van der Waals surface area contributed by atoms with Gasteiger partial charge in [0.1, 0.15) is 12.5 Å². The van der Waals surface area contributed by atoms with Crippen molar-refractivity contribution < 1.29 is 33.7 Å². The quantitative estimate of drug-likeness (QED) is 0.563. The van der Waals surface area contributed by atoms with Gasteiger partial charge in [0.05, 0.1) is 51.5 Å². The molecule has 2 spiro atoms. The number of carbonyl (C=O) groups excluding carboxylic acids is 1. The van der Waals surface area contributed by atoms with E-state index in [-0.39, 0.29) is 5.41 Å². The Morgan fingerprint density at radius 1 is 1.21 bits per heavy atom. The Morgan fingerprint density at radius 3 is 2.50 bits per heavy atom. The maximum Gasteiger partial charge on any atom is 0.260 e. The second-order valence-corrected chi connectivity index (χ2v) is 7.75. The maximum atomic E-state index is 12.3. The van der Waals surface area contributed by atoms with Crippen LogP contribution in [0.5, 0.6) is 5.75 Å². The minimum atomic E-state index is -0.883. The number of hydrogen-bond donors (Lipinski definition) is 2. The highest BCUT2D eigenvalue weighted by Gasteiger charge is 2.54. The average Bonchev–Trinajstić information content (AvgIpc) is 3.09. The smallest absolute Gasteiger partial charge is 0.260 e. The molecule has 0 aliphatic carbocycles. The zero-order valence-corrected chi connectivity index (χ0v) is 15.9. The van der Waals surface area contributed by atoms with Gasteiger partial charge in [-0.15, -0.1) is 0 Å². The van der Waals surface area contributed by atoms with Gasteiger partial charge in [-0.05, 0) is 17.7 Å². The summed E-state index contributed by atoms with van der Waals surface area (Å²) in [6, 6.07) is 7.10. The fraction of sp³-hybridized carbons (Fsp3) is 0.632. The van der Waals surface area contributed by atoms with E-state index >= 15 is 0 Å². The molecule has 1 aromatic rings. The monoisotopic (exact) mass is 394 g/mol. The van der Waals surface area contributed by atoms with Gasteiger partial charge in [0, 0.05) is 13.0 Å². The van der Waals surface area contributed by atoms with Gasteiger partial charge in [0.25, 0.3) is 5.91 Å². The molecule has 1 atom stereocenters. The van der Waals surface area contributed by atoms with E-state index in [2.05, 4.69) is 0 Å². The first-order chi connectivity index (χ1) is 13.6. The van der Waals surface area contributed by atoms with Crippen molar-refractivity contribution in [1.29, 1.82) is 0 Å². The van der Waals surface area contributed by atoms with E-state index < -0.39 is 17.7 Å². The summed E-state index contributed by atoms with van der Waals surface area (Å²) in [5, 5.41) is 9.18. The molecule has 3 aliphatic rings. The molecule has 0 radical (unpaired) electrons. The summed E-state index contributed by atoms with van der Waals surface area (Å²) in [4.78, 5) is 14.2. The number of ether oxygens (including phenoxy) is 5. The lowest BCUT2D eigenvalue weighted by atomic mass is 9.90. The van der Waals surface area contributed by atoms with E-state index in [1.807, 2.05) is 29.2 Å². The van der Waals surface area contributed by atoms with Gasteiger partial charge < -0.3 is 23.7 Å². The standard InChI is InChI=1S/C19H26N2O7/c1-24-15-4-2-14(3-5-15)7-21-8-19(6-16(21)17(22)20-23)27-11-18(12-28-19)9-25-13-26-10-18/h2-5,16,23H,6-13H2,1H3,(H,20,22)/t16-/m1/s1. The van der Waals surface area contributed by atoms with Gasteiger partial charge in [-0.3, -0.25) is 14.9 Å². The molecule has 2 N–H and O–H groups in total. The number of likely N-dealkylation sites (tertiary alicyclic amines) is 1. The highest BCUT2D eigenvalue weighted by molar-refractivity contribution is 5.81. The van der Waals surface area contributed by atoms with Crippen LogP contribution in [0.25, 0.3) is 0 Å². The molecule has 154 valence electrons. The van der Waals surface area contributed by atoms with E-state index in [4.69, 9.17) is 23.7 Å². The molecule has 3 saturated heterocycles. The predicted octanol–water partition coefficient (Wildman–Crippen LogP) is 0.509. The zero-order valence-electron chi connectivity index (χ0n) is 15.9. The van der Waals surface area contributed by atoms with Crippen LogP contribution in [0.3, 0.4) is 0 Å². The molecule has 1 aromatic carbocycles. The number of benzene rings is 1. The SMILES string of the molecule is COc1ccc(CN2CC3(C[C@@H]2C(=O)NO)OCC2(COCOC2)CO3)cc1. The molecule has 0 saturated carbocycles. The minimum absolute atomic E-state index is 0.293. The Balaban J connectivity index is 1.46. The fourth-order valence-corrected chi connectivity index (χ4v) is 4.02. The van der Waals surface area contributed by atoms with Crippen LogP contribution in [-0.4, -0.2) is 74.7 Å². The summed E-state index contributed by atoms with van der Waals surface area (Å²) in [5.41, 5.74) is 2.49. The first kappa shape index (κ1) is 19.6. The number of rotatable bonds is 4. The maximum absolute atomic E-state index is 12.3. The van der Waals surface area contributed by atoms with Crippen LogP contribution in [0.1, 0.15) is 12.0 Å². The van der Waals surface area contributed by atoms with Crippen LogP contribution in [0.4, 0.5) is 0 Å². The lowest BCUT2D eigenvalue weighted by Gasteiger charge is -2.45. The Hall–Kier alpha value is -1.75. The molecule has 0 aromatic heterocycles. The second kappa shape index (κ2) is 7.94. The van der Waals surface area contributed by atoms with Crippen LogP contribution in [0.2, 0.25) is 0 Å². The topological polar surface area (TPSA) is 98.7 Å². The van der Waals surface area contributed by atoms with Crippen LogP contribution >= 0.6 is 0 Å². The van der Waals surface area contributed by atoms with Gasteiger partial charge in [-0.1, -0.05) is 12.1 Å². The number of amides is 1. The first-order valence-electron chi connectivity index (χ1n) is 9.31. The van der Waals surface area contributed by atoms with Crippen LogP contribution in [0, 0.1) is 5.41 Å². The van der Waals surface area contributed by atoms with Gasteiger partial charge in [0.15, 0.2) is 5.79 Å². The predicted molar refractivity (Wildman–Crippen MR) is 95.6 cm³/mol. The molecule has 9 nitrogen and oxygen atoms in total. The molecule has 0 unspecified atom stereocenters. The molecule has 0 bridgehead atoms. The van der Waals surface area contributed by atoms with Crippen LogP contribution in [0.15, 0.2) is 24.3 Å². The Morgan fingerprint density at radius 2 is 1.89 bits per heavy atom. The molecule has 3 fully saturated rings. The van der Waals surface area contributed by atoms with Crippen molar-refractivity contribution >= 4 is 5.91 Å². The summed E-state index contributed by atoms with van der Waals surface area (Å²) in [6.07, 6.45) is 0.341. The third kappa shape index (κ3) is 3.86. The zero-order chi connectivity index (χ0) is 19.6. The largest absolute Gasteiger partial charge is 0.497 e. The van der Waals surface area contributed by atoms with Crippen LogP contribution in [-0.2, 0) is 30.3 Å². The molecule has 4 rings (SSSR count). The molecular weight excluding hydrogens is 368 g/mol. The summed E-state index contributed by atoms with van der Waals surface area (Å²) in [6.45, 7) is 3.18. The van der Waals surface area contributed by atoms with Crippen molar-refractivity contribution in [3.8, 4) is 5.75 Å². The Bertz CT molecular complexity index is 680. The van der Waals surface area contributed by atoms with E-state index in [0.717, 1.165) is 11.3 Å². The normalized spacial score (nSPS) is 26.4. The molecule has 1 amide bonds. The number of nitrogens with one attached hydrogen (secondary N) is 1. The average molecular weight is 394 g/mol. The van der Waals surface area contributed by atoms with Crippen molar-refractivity contribution in [1.82, 2.24) is 10.4 Å². The molecule has 3 aliphatic heterocycles. The minimum Gasteiger partial charge on any atom is -0.497 e. The third-order valence-electron chi connectivity index (χ3n) is 5.61. The van der Waals surface area contributed by atoms with Crippen molar-refractivity contribution in [2.75, 3.05) is 46.9 Å². The lowest BCUT2D eigenvalue weighted by Crippen LogP contribution is -2.55. The van der Waals surface area contributed by atoms with Gasteiger partial charge in [-0.2, -0.15) is 0 Å². The fourth-order valence-electron chi connectivity index (χ4n) is 4.02. The van der Waals surface area contributed by atoms with E-state index in [0.29, 0.717) is 52.7 Å². The molecule has 3 heterocycles. The Labute approximate surface area is 163 Å². The lowest BCUT2D eigenvalue weighted by molar-refractivity contribution is -0.325. The molecule has 9 heteroatoms.